The molecule has 3 fully saturated rings. The van der Waals surface area contributed by atoms with E-state index in [9.17, 15) is 0 Å². The standard InChI is InChI=1S/C12H22N2O/c1-14-7-5-12(6-8-14)13-9-11(10-15-12)3-2-4-11/h13H,2-10H2,1H3. The predicted octanol–water partition coefficient (Wildman–Crippen LogP) is 1.20. The number of ether oxygens (including phenoxy) is 1. The molecule has 2 aliphatic heterocycles. The Morgan fingerprint density at radius 2 is 1.87 bits per heavy atom. The van der Waals surface area contributed by atoms with E-state index in [1.54, 1.807) is 0 Å². The second-order valence-corrected chi connectivity index (χ2v) is 5.79. The number of hydrogen-bond acceptors (Lipinski definition) is 3. The minimum absolute atomic E-state index is 0.0351. The number of hydrogen-bond donors (Lipinski definition) is 1. The Labute approximate surface area is 92.2 Å². The Hall–Kier alpha value is -0.120. The summed E-state index contributed by atoms with van der Waals surface area (Å²) in [5.74, 6) is 0. The summed E-state index contributed by atoms with van der Waals surface area (Å²) in [5.41, 5.74) is 0.557. The van der Waals surface area contributed by atoms with Crippen LogP contribution in [-0.4, -0.2) is 43.9 Å². The van der Waals surface area contributed by atoms with Gasteiger partial charge < -0.3 is 9.64 Å². The zero-order valence-corrected chi connectivity index (χ0v) is 9.72. The van der Waals surface area contributed by atoms with Gasteiger partial charge in [0, 0.05) is 37.9 Å². The predicted molar refractivity (Wildman–Crippen MR) is 59.7 cm³/mol. The maximum atomic E-state index is 6.17. The molecule has 2 heterocycles. The van der Waals surface area contributed by atoms with Crippen LogP contribution in [0.3, 0.4) is 0 Å². The van der Waals surface area contributed by atoms with Crippen molar-refractivity contribution in [3.63, 3.8) is 0 Å². The van der Waals surface area contributed by atoms with Crippen LogP contribution in [0.2, 0.25) is 0 Å². The maximum Gasteiger partial charge on any atom is 0.121 e. The van der Waals surface area contributed by atoms with Gasteiger partial charge in [0.05, 0.1) is 6.61 Å². The number of nitrogens with zero attached hydrogens (tertiary/aromatic N) is 1. The van der Waals surface area contributed by atoms with Gasteiger partial charge in [-0.15, -0.1) is 0 Å². The van der Waals surface area contributed by atoms with Gasteiger partial charge in [-0.1, -0.05) is 6.42 Å². The summed E-state index contributed by atoms with van der Waals surface area (Å²) in [5, 5.41) is 3.70. The molecular weight excluding hydrogens is 188 g/mol. The Morgan fingerprint density at radius 1 is 1.13 bits per heavy atom. The quantitative estimate of drug-likeness (QED) is 0.650. The second kappa shape index (κ2) is 3.44. The van der Waals surface area contributed by atoms with Crippen molar-refractivity contribution in [1.29, 1.82) is 0 Å². The maximum absolute atomic E-state index is 6.17. The molecule has 3 rings (SSSR count). The highest BCUT2D eigenvalue weighted by molar-refractivity contribution is 4.97. The lowest BCUT2D eigenvalue weighted by molar-refractivity contribution is -0.183. The van der Waals surface area contributed by atoms with Crippen molar-refractivity contribution in [2.24, 2.45) is 5.41 Å². The molecule has 0 unspecified atom stereocenters. The van der Waals surface area contributed by atoms with Crippen LogP contribution in [0.15, 0.2) is 0 Å². The molecular formula is C12H22N2O. The fraction of sp³-hybridized carbons (Fsp3) is 1.00. The Bertz CT molecular complexity index is 230. The first kappa shape index (κ1) is 10.1. The molecule has 0 bridgehead atoms. The summed E-state index contributed by atoms with van der Waals surface area (Å²) < 4.78 is 6.17. The topological polar surface area (TPSA) is 24.5 Å². The molecule has 0 aromatic rings. The van der Waals surface area contributed by atoms with Crippen LogP contribution in [0, 0.1) is 5.41 Å². The Kier molecular flexibility index (Phi) is 2.31. The molecule has 86 valence electrons. The van der Waals surface area contributed by atoms with Crippen LogP contribution in [0.4, 0.5) is 0 Å². The van der Waals surface area contributed by atoms with E-state index < -0.39 is 0 Å². The zero-order chi connectivity index (χ0) is 10.4. The molecule has 0 aromatic carbocycles. The molecule has 0 aromatic heterocycles. The fourth-order valence-corrected chi connectivity index (χ4v) is 3.04. The van der Waals surface area contributed by atoms with Crippen LogP contribution >= 0.6 is 0 Å². The van der Waals surface area contributed by atoms with E-state index in [0.717, 1.165) is 19.4 Å². The molecule has 0 amide bonds. The first-order valence-electron chi connectivity index (χ1n) is 6.30. The van der Waals surface area contributed by atoms with E-state index in [2.05, 4.69) is 17.3 Å². The molecule has 3 nitrogen and oxygen atoms in total. The molecule has 15 heavy (non-hydrogen) atoms. The van der Waals surface area contributed by atoms with Crippen LogP contribution in [0.25, 0.3) is 0 Å². The molecule has 1 saturated carbocycles. The average Bonchev–Trinajstić information content (AvgIpc) is 2.22. The summed E-state index contributed by atoms with van der Waals surface area (Å²) in [4.78, 5) is 2.39. The lowest BCUT2D eigenvalue weighted by Crippen LogP contribution is -2.63. The van der Waals surface area contributed by atoms with E-state index in [0.29, 0.717) is 5.41 Å². The fourth-order valence-electron chi connectivity index (χ4n) is 3.04. The van der Waals surface area contributed by atoms with E-state index >= 15 is 0 Å². The first-order chi connectivity index (χ1) is 7.22. The normalized spacial score (nSPS) is 34.2. The average molecular weight is 210 g/mol. The molecule has 2 saturated heterocycles. The summed E-state index contributed by atoms with van der Waals surface area (Å²) in [7, 11) is 2.20. The molecule has 1 aliphatic carbocycles. The Morgan fingerprint density at radius 3 is 2.33 bits per heavy atom. The lowest BCUT2D eigenvalue weighted by atomic mass is 9.68. The molecule has 0 radical (unpaired) electrons. The van der Waals surface area contributed by atoms with Gasteiger partial charge in [0.15, 0.2) is 0 Å². The minimum Gasteiger partial charge on any atom is -0.360 e. The van der Waals surface area contributed by atoms with Crippen molar-refractivity contribution >= 4 is 0 Å². The van der Waals surface area contributed by atoms with Gasteiger partial charge in [0.1, 0.15) is 5.72 Å². The van der Waals surface area contributed by atoms with E-state index in [4.69, 9.17) is 4.74 Å². The molecule has 1 N–H and O–H groups in total. The minimum atomic E-state index is 0.0351. The van der Waals surface area contributed by atoms with Crippen molar-refractivity contribution < 1.29 is 4.74 Å². The van der Waals surface area contributed by atoms with Gasteiger partial charge in [0.25, 0.3) is 0 Å². The van der Waals surface area contributed by atoms with Crippen LogP contribution in [-0.2, 0) is 4.74 Å². The number of likely N-dealkylation sites (tertiary alicyclic amines) is 1. The summed E-state index contributed by atoms with van der Waals surface area (Å²) in [6, 6.07) is 0. The van der Waals surface area contributed by atoms with E-state index in [1.807, 2.05) is 0 Å². The number of nitrogens with one attached hydrogen (secondary N) is 1. The van der Waals surface area contributed by atoms with Crippen molar-refractivity contribution in [2.45, 2.75) is 37.8 Å². The third kappa shape index (κ3) is 1.71. The largest absolute Gasteiger partial charge is 0.360 e. The van der Waals surface area contributed by atoms with Crippen molar-refractivity contribution in [3.8, 4) is 0 Å². The second-order valence-electron chi connectivity index (χ2n) is 5.79. The molecule has 3 heteroatoms. The zero-order valence-electron chi connectivity index (χ0n) is 9.72. The lowest BCUT2D eigenvalue weighted by Gasteiger charge is -2.53. The molecule has 0 atom stereocenters. The first-order valence-corrected chi connectivity index (χ1v) is 6.30. The van der Waals surface area contributed by atoms with Gasteiger partial charge in [-0.3, -0.25) is 5.32 Å². The highest BCUT2D eigenvalue weighted by atomic mass is 16.5. The van der Waals surface area contributed by atoms with Crippen LogP contribution in [0.1, 0.15) is 32.1 Å². The van der Waals surface area contributed by atoms with Crippen molar-refractivity contribution in [2.75, 3.05) is 33.3 Å². The van der Waals surface area contributed by atoms with Crippen molar-refractivity contribution in [3.05, 3.63) is 0 Å². The summed E-state index contributed by atoms with van der Waals surface area (Å²) in [6.07, 6.45) is 6.45. The summed E-state index contributed by atoms with van der Waals surface area (Å²) >= 11 is 0. The van der Waals surface area contributed by atoms with Crippen molar-refractivity contribution in [1.82, 2.24) is 10.2 Å². The van der Waals surface area contributed by atoms with Gasteiger partial charge in [0.2, 0.25) is 0 Å². The number of piperidine rings is 1. The highest BCUT2D eigenvalue weighted by Crippen LogP contribution is 2.44. The van der Waals surface area contributed by atoms with E-state index in [-0.39, 0.29) is 5.72 Å². The summed E-state index contributed by atoms with van der Waals surface area (Å²) in [6.45, 7) is 4.53. The number of rotatable bonds is 0. The van der Waals surface area contributed by atoms with Gasteiger partial charge in [-0.05, 0) is 19.9 Å². The van der Waals surface area contributed by atoms with E-state index in [1.165, 1.54) is 38.9 Å². The molecule has 3 aliphatic rings. The third-order valence-corrected chi connectivity index (χ3v) is 4.65. The van der Waals surface area contributed by atoms with Crippen LogP contribution in [0.5, 0.6) is 0 Å². The monoisotopic (exact) mass is 210 g/mol. The smallest absolute Gasteiger partial charge is 0.121 e. The van der Waals surface area contributed by atoms with Gasteiger partial charge >= 0.3 is 0 Å². The van der Waals surface area contributed by atoms with Gasteiger partial charge in [-0.2, -0.15) is 0 Å². The van der Waals surface area contributed by atoms with Gasteiger partial charge in [-0.25, -0.2) is 0 Å². The third-order valence-electron chi connectivity index (χ3n) is 4.65. The van der Waals surface area contributed by atoms with Crippen LogP contribution < -0.4 is 5.32 Å². The highest BCUT2D eigenvalue weighted by Gasteiger charge is 2.46. The molecule has 2 spiro atoms. The Balaban J connectivity index is 1.60. The SMILES string of the molecule is CN1CCC2(CC1)NCC1(CCC1)CO2.